The molecule has 140 valence electrons. The Hall–Kier alpha value is -2.87. The van der Waals surface area contributed by atoms with Crippen molar-refractivity contribution in [1.29, 1.82) is 0 Å². The Labute approximate surface area is 159 Å². The van der Waals surface area contributed by atoms with Crippen molar-refractivity contribution in [2.75, 3.05) is 5.75 Å². The van der Waals surface area contributed by atoms with E-state index >= 15 is 0 Å². The number of nitrogens with one attached hydrogen (secondary N) is 2. The summed E-state index contributed by atoms with van der Waals surface area (Å²) < 4.78 is 15.1. The Morgan fingerprint density at radius 1 is 1.33 bits per heavy atom. The van der Waals surface area contributed by atoms with Gasteiger partial charge < -0.3 is 10.3 Å². The number of carbonyl (C=O) groups excluding carboxylic acids is 1. The van der Waals surface area contributed by atoms with Gasteiger partial charge in [0.1, 0.15) is 5.82 Å². The zero-order valence-corrected chi connectivity index (χ0v) is 15.8. The van der Waals surface area contributed by atoms with Gasteiger partial charge in [-0.3, -0.25) is 14.2 Å². The lowest BCUT2D eigenvalue weighted by Gasteiger charge is -2.09. The third-order valence-electron chi connectivity index (χ3n) is 3.98. The fourth-order valence-corrected chi connectivity index (χ4v) is 3.49. The van der Waals surface area contributed by atoms with Gasteiger partial charge in [0.05, 0.1) is 11.4 Å². The molecule has 0 atom stereocenters. The number of amides is 1. The normalized spacial score (nSPS) is 10.8. The molecule has 0 unspecified atom stereocenters. The van der Waals surface area contributed by atoms with Crippen LogP contribution in [0.1, 0.15) is 16.8 Å². The number of aromatic nitrogens is 3. The average Bonchev–Trinajstić information content (AvgIpc) is 3.07. The van der Waals surface area contributed by atoms with Crippen LogP contribution in [0.3, 0.4) is 0 Å². The molecule has 6 nitrogen and oxygen atoms in total. The Morgan fingerprint density at radius 3 is 2.89 bits per heavy atom. The number of hydrogen-bond acceptors (Lipinski definition) is 4. The van der Waals surface area contributed by atoms with Crippen molar-refractivity contribution in [3.63, 3.8) is 0 Å². The molecule has 0 spiro atoms. The van der Waals surface area contributed by atoms with E-state index in [-0.39, 0.29) is 29.6 Å². The van der Waals surface area contributed by atoms with Crippen molar-refractivity contribution in [1.82, 2.24) is 19.9 Å². The summed E-state index contributed by atoms with van der Waals surface area (Å²) in [5.41, 5.74) is 2.61. The van der Waals surface area contributed by atoms with E-state index in [1.807, 2.05) is 19.9 Å². The molecule has 2 heterocycles. The molecule has 27 heavy (non-hydrogen) atoms. The minimum absolute atomic E-state index is 0.134. The van der Waals surface area contributed by atoms with E-state index in [2.05, 4.69) is 15.3 Å². The molecule has 3 rings (SSSR count). The molecule has 1 aromatic carbocycles. The molecule has 0 aliphatic rings. The zero-order chi connectivity index (χ0) is 19.4. The maximum absolute atomic E-state index is 13.4. The number of aromatic amines is 1. The lowest BCUT2D eigenvalue weighted by Crippen LogP contribution is -2.29. The first-order chi connectivity index (χ1) is 12.9. The largest absolute Gasteiger partial charge is 0.351 e. The number of carbonyl (C=O) groups is 1. The Balaban J connectivity index is 1.61. The summed E-state index contributed by atoms with van der Waals surface area (Å²) in [6.45, 7) is 3.82. The summed E-state index contributed by atoms with van der Waals surface area (Å²) in [6, 6.07) is 8.02. The van der Waals surface area contributed by atoms with Crippen molar-refractivity contribution in [2.24, 2.45) is 0 Å². The predicted molar refractivity (Wildman–Crippen MR) is 103 cm³/mol. The molecule has 0 radical (unpaired) electrons. The molecule has 0 aliphatic heterocycles. The number of imidazole rings is 1. The van der Waals surface area contributed by atoms with Crippen LogP contribution in [0.2, 0.25) is 0 Å². The highest BCUT2D eigenvalue weighted by molar-refractivity contribution is 7.99. The summed E-state index contributed by atoms with van der Waals surface area (Å²) in [5, 5.41) is 3.34. The number of nitrogens with zero attached hydrogens (tertiary/aromatic N) is 2. The summed E-state index contributed by atoms with van der Waals surface area (Å²) in [6.07, 6.45) is 3.31. The Bertz CT molecular complexity index is 1030. The standard InChI is InChI=1S/C19H19FN4O2S/c1-12-8-13(2)23-18(26)16(12)10-22-17(25)11-27-19-21-6-7-24(19)15-5-3-4-14(20)9-15/h3-9H,10-11H2,1-2H3,(H,22,25)(H,23,26). The number of thioether (sulfide) groups is 1. The van der Waals surface area contributed by atoms with E-state index in [0.29, 0.717) is 16.4 Å². The minimum atomic E-state index is -0.339. The summed E-state index contributed by atoms with van der Waals surface area (Å²) in [4.78, 5) is 31.1. The molecule has 2 N–H and O–H groups in total. The maximum atomic E-state index is 13.4. The zero-order valence-electron chi connectivity index (χ0n) is 15.0. The number of pyridine rings is 1. The molecule has 0 bridgehead atoms. The summed E-state index contributed by atoms with van der Waals surface area (Å²) in [5.74, 6) is -0.420. The van der Waals surface area contributed by atoms with Gasteiger partial charge in [-0.05, 0) is 43.7 Å². The van der Waals surface area contributed by atoms with Gasteiger partial charge in [-0.2, -0.15) is 0 Å². The van der Waals surface area contributed by atoms with Crippen LogP contribution >= 0.6 is 11.8 Å². The molecular weight excluding hydrogens is 367 g/mol. The van der Waals surface area contributed by atoms with Gasteiger partial charge in [0.25, 0.3) is 5.56 Å². The second-order valence-corrected chi connectivity index (χ2v) is 7.01. The number of H-pyrrole nitrogens is 1. The van der Waals surface area contributed by atoms with Crippen molar-refractivity contribution in [3.05, 3.63) is 75.7 Å². The number of benzene rings is 1. The second kappa shape index (κ2) is 8.22. The molecule has 1 amide bonds. The van der Waals surface area contributed by atoms with E-state index in [9.17, 15) is 14.0 Å². The molecular formula is C19H19FN4O2S. The third kappa shape index (κ3) is 4.65. The average molecular weight is 386 g/mol. The lowest BCUT2D eigenvalue weighted by atomic mass is 10.1. The van der Waals surface area contributed by atoms with E-state index in [4.69, 9.17) is 0 Å². The van der Waals surface area contributed by atoms with Gasteiger partial charge in [-0.15, -0.1) is 0 Å². The molecule has 0 saturated carbocycles. The van der Waals surface area contributed by atoms with Gasteiger partial charge in [-0.1, -0.05) is 17.8 Å². The number of rotatable bonds is 6. The highest BCUT2D eigenvalue weighted by Crippen LogP contribution is 2.20. The minimum Gasteiger partial charge on any atom is -0.351 e. The van der Waals surface area contributed by atoms with E-state index < -0.39 is 0 Å². The van der Waals surface area contributed by atoms with Gasteiger partial charge in [0.15, 0.2) is 5.16 Å². The van der Waals surface area contributed by atoms with Crippen molar-refractivity contribution < 1.29 is 9.18 Å². The Morgan fingerprint density at radius 2 is 2.15 bits per heavy atom. The highest BCUT2D eigenvalue weighted by Gasteiger charge is 2.11. The first kappa shape index (κ1) is 18.9. The fraction of sp³-hybridized carbons (Fsp3) is 0.211. The predicted octanol–water partition coefficient (Wildman–Crippen LogP) is 2.73. The lowest BCUT2D eigenvalue weighted by molar-refractivity contribution is -0.118. The number of aryl methyl sites for hydroxylation is 2. The molecule has 0 saturated heterocycles. The number of halogens is 1. The van der Waals surface area contributed by atoms with Crippen LogP contribution in [0.5, 0.6) is 0 Å². The summed E-state index contributed by atoms with van der Waals surface area (Å²) >= 11 is 1.24. The second-order valence-electron chi connectivity index (χ2n) is 6.07. The van der Waals surface area contributed by atoms with Crippen LogP contribution < -0.4 is 10.9 Å². The van der Waals surface area contributed by atoms with Crippen LogP contribution in [-0.2, 0) is 11.3 Å². The maximum Gasteiger partial charge on any atom is 0.253 e. The quantitative estimate of drug-likeness (QED) is 0.639. The molecule has 3 aromatic rings. The van der Waals surface area contributed by atoms with Crippen LogP contribution in [0.4, 0.5) is 4.39 Å². The topological polar surface area (TPSA) is 79.8 Å². The van der Waals surface area contributed by atoms with Crippen LogP contribution in [-0.4, -0.2) is 26.2 Å². The van der Waals surface area contributed by atoms with Gasteiger partial charge in [0, 0.05) is 30.2 Å². The van der Waals surface area contributed by atoms with E-state index in [0.717, 1.165) is 11.3 Å². The Kier molecular flexibility index (Phi) is 5.75. The van der Waals surface area contributed by atoms with Crippen LogP contribution in [0.25, 0.3) is 5.69 Å². The van der Waals surface area contributed by atoms with Crippen molar-refractivity contribution in [2.45, 2.75) is 25.5 Å². The molecule has 8 heteroatoms. The van der Waals surface area contributed by atoms with Gasteiger partial charge in [0.2, 0.25) is 5.91 Å². The monoisotopic (exact) mass is 386 g/mol. The van der Waals surface area contributed by atoms with E-state index in [1.54, 1.807) is 29.1 Å². The highest BCUT2D eigenvalue weighted by atomic mass is 32.2. The molecule has 0 aliphatic carbocycles. The molecule has 2 aromatic heterocycles. The molecule has 0 fully saturated rings. The first-order valence-electron chi connectivity index (χ1n) is 8.32. The van der Waals surface area contributed by atoms with Crippen LogP contribution in [0.15, 0.2) is 52.7 Å². The first-order valence-corrected chi connectivity index (χ1v) is 9.31. The van der Waals surface area contributed by atoms with E-state index in [1.165, 1.54) is 23.9 Å². The third-order valence-corrected chi connectivity index (χ3v) is 4.95. The SMILES string of the molecule is Cc1cc(C)c(CNC(=O)CSc2nccn2-c2cccc(F)c2)c(=O)[nH]1. The summed E-state index contributed by atoms with van der Waals surface area (Å²) in [7, 11) is 0. The van der Waals surface area contributed by atoms with Crippen molar-refractivity contribution in [3.8, 4) is 5.69 Å². The van der Waals surface area contributed by atoms with Crippen molar-refractivity contribution >= 4 is 17.7 Å². The fourth-order valence-electron chi connectivity index (χ4n) is 2.69. The van der Waals surface area contributed by atoms with Gasteiger partial charge in [-0.25, -0.2) is 9.37 Å². The van der Waals surface area contributed by atoms with Crippen LogP contribution in [0, 0.1) is 19.7 Å². The smallest absolute Gasteiger partial charge is 0.253 e. The number of hydrogen-bond donors (Lipinski definition) is 2. The van der Waals surface area contributed by atoms with Gasteiger partial charge >= 0.3 is 0 Å².